The predicted molar refractivity (Wildman–Crippen MR) is 98.1 cm³/mol. The van der Waals surface area contributed by atoms with Crippen LogP contribution in [0.2, 0.25) is 0 Å². The molecule has 1 fully saturated rings. The maximum atomic E-state index is 12.0. The van der Waals surface area contributed by atoms with Crippen molar-refractivity contribution in [2.75, 3.05) is 20.3 Å². The largest absolute Gasteiger partial charge is 0.467 e. The maximum absolute atomic E-state index is 12.0. The fraction of sp³-hybridized carbons (Fsp3) is 0.600. The minimum atomic E-state index is -0.788. The quantitative estimate of drug-likeness (QED) is 0.813. The Kier molecular flexibility index (Phi) is 7.03. The van der Waals surface area contributed by atoms with Gasteiger partial charge < -0.3 is 19.5 Å². The van der Waals surface area contributed by atoms with Crippen LogP contribution in [0.1, 0.15) is 50.7 Å². The minimum Gasteiger partial charge on any atom is -0.467 e. The van der Waals surface area contributed by atoms with E-state index in [4.69, 9.17) is 14.2 Å². The van der Waals surface area contributed by atoms with Gasteiger partial charge in [-0.3, -0.25) is 0 Å². The van der Waals surface area contributed by atoms with Gasteiger partial charge in [-0.15, -0.1) is 0 Å². The minimum absolute atomic E-state index is 0.347. The van der Waals surface area contributed by atoms with E-state index in [-0.39, 0.29) is 0 Å². The van der Waals surface area contributed by atoms with Crippen LogP contribution in [0.3, 0.4) is 0 Å². The SMILES string of the molecule is COC(=O)[C@H](Cc1ccc(C2CCOCC2)cc1)NC(=O)OC(C)(C)C. The fourth-order valence-corrected chi connectivity index (χ4v) is 2.98. The molecule has 2 rings (SSSR count). The molecule has 144 valence electrons. The number of methoxy groups -OCH3 is 1. The lowest BCUT2D eigenvalue weighted by atomic mass is 9.90. The summed E-state index contributed by atoms with van der Waals surface area (Å²) in [5.74, 6) is 0.0263. The topological polar surface area (TPSA) is 73.9 Å². The summed E-state index contributed by atoms with van der Waals surface area (Å²) >= 11 is 0. The third kappa shape index (κ3) is 6.33. The Bertz CT molecular complexity index is 600. The lowest BCUT2D eigenvalue weighted by Gasteiger charge is -2.23. The van der Waals surface area contributed by atoms with Crippen molar-refractivity contribution < 1.29 is 23.8 Å². The van der Waals surface area contributed by atoms with E-state index >= 15 is 0 Å². The number of hydrogen-bond acceptors (Lipinski definition) is 5. The first-order valence-corrected chi connectivity index (χ1v) is 9.02. The first-order valence-electron chi connectivity index (χ1n) is 9.02. The molecule has 0 saturated carbocycles. The zero-order chi connectivity index (χ0) is 19.2. The number of benzene rings is 1. The number of carbonyl (C=O) groups excluding carboxylic acids is 2. The molecule has 1 saturated heterocycles. The summed E-state index contributed by atoms with van der Waals surface area (Å²) < 4.78 is 15.4. The smallest absolute Gasteiger partial charge is 0.408 e. The van der Waals surface area contributed by atoms with Gasteiger partial charge in [0.15, 0.2) is 0 Å². The van der Waals surface area contributed by atoms with Crippen molar-refractivity contribution in [3.05, 3.63) is 35.4 Å². The molecule has 0 spiro atoms. The molecule has 0 unspecified atom stereocenters. The maximum Gasteiger partial charge on any atom is 0.408 e. The van der Waals surface area contributed by atoms with Crippen LogP contribution in [0, 0.1) is 0 Å². The standard InChI is InChI=1S/C20H29NO5/c1-20(2,3)26-19(23)21-17(18(22)24-4)13-14-5-7-15(8-6-14)16-9-11-25-12-10-16/h5-8,16-17H,9-13H2,1-4H3,(H,21,23)/t17-/m0/s1. The number of amides is 1. The lowest BCUT2D eigenvalue weighted by Crippen LogP contribution is -2.45. The number of esters is 1. The van der Waals surface area contributed by atoms with Gasteiger partial charge in [0.05, 0.1) is 7.11 Å². The van der Waals surface area contributed by atoms with Gasteiger partial charge in [0.1, 0.15) is 11.6 Å². The van der Waals surface area contributed by atoms with Crippen molar-refractivity contribution in [3.8, 4) is 0 Å². The van der Waals surface area contributed by atoms with Crippen molar-refractivity contribution >= 4 is 12.1 Å². The average molecular weight is 363 g/mol. The van der Waals surface area contributed by atoms with E-state index in [2.05, 4.69) is 17.4 Å². The van der Waals surface area contributed by atoms with E-state index in [1.807, 2.05) is 12.1 Å². The highest BCUT2D eigenvalue weighted by molar-refractivity contribution is 5.81. The number of hydrogen-bond donors (Lipinski definition) is 1. The molecule has 1 heterocycles. The molecule has 1 aliphatic heterocycles. The molecule has 26 heavy (non-hydrogen) atoms. The third-order valence-electron chi connectivity index (χ3n) is 4.29. The molecular formula is C20H29NO5. The van der Waals surface area contributed by atoms with Crippen LogP contribution >= 0.6 is 0 Å². The highest BCUT2D eigenvalue weighted by atomic mass is 16.6. The van der Waals surface area contributed by atoms with Crippen molar-refractivity contribution in [1.29, 1.82) is 0 Å². The molecule has 1 amide bonds. The molecule has 1 aromatic rings. The summed E-state index contributed by atoms with van der Waals surface area (Å²) in [7, 11) is 1.31. The monoisotopic (exact) mass is 363 g/mol. The van der Waals surface area contributed by atoms with Crippen molar-refractivity contribution in [1.82, 2.24) is 5.32 Å². The van der Waals surface area contributed by atoms with Crippen LogP contribution in [0.5, 0.6) is 0 Å². The van der Waals surface area contributed by atoms with E-state index in [1.165, 1.54) is 12.7 Å². The zero-order valence-corrected chi connectivity index (χ0v) is 16.0. The normalized spacial score (nSPS) is 16.6. The summed E-state index contributed by atoms with van der Waals surface area (Å²) in [5, 5.41) is 2.60. The summed E-state index contributed by atoms with van der Waals surface area (Å²) in [4.78, 5) is 24.0. The van der Waals surface area contributed by atoms with Gasteiger partial charge in [-0.25, -0.2) is 9.59 Å². The Morgan fingerprint density at radius 1 is 1.19 bits per heavy atom. The van der Waals surface area contributed by atoms with E-state index in [1.54, 1.807) is 20.8 Å². The number of carbonyl (C=O) groups is 2. The summed E-state index contributed by atoms with van der Waals surface area (Å²) in [6.07, 6.45) is 1.78. The number of rotatable bonds is 5. The predicted octanol–water partition coefficient (Wildman–Crippen LogP) is 3.19. The van der Waals surface area contributed by atoms with Crippen LogP contribution < -0.4 is 5.32 Å². The van der Waals surface area contributed by atoms with Crippen molar-refractivity contribution in [2.24, 2.45) is 0 Å². The van der Waals surface area contributed by atoms with E-state index in [0.717, 1.165) is 31.6 Å². The van der Waals surface area contributed by atoms with Gasteiger partial charge in [-0.2, -0.15) is 0 Å². The molecule has 0 aliphatic carbocycles. The van der Waals surface area contributed by atoms with Crippen LogP contribution in [-0.2, 0) is 25.4 Å². The average Bonchev–Trinajstić information content (AvgIpc) is 2.60. The fourth-order valence-electron chi connectivity index (χ4n) is 2.98. The first-order chi connectivity index (χ1) is 12.3. The second-order valence-corrected chi connectivity index (χ2v) is 7.55. The Morgan fingerprint density at radius 2 is 1.81 bits per heavy atom. The van der Waals surface area contributed by atoms with Crippen molar-refractivity contribution in [3.63, 3.8) is 0 Å². The van der Waals surface area contributed by atoms with E-state index in [0.29, 0.717) is 12.3 Å². The van der Waals surface area contributed by atoms with Crippen molar-refractivity contribution in [2.45, 2.75) is 57.6 Å². The van der Waals surface area contributed by atoms with Gasteiger partial charge in [-0.1, -0.05) is 24.3 Å². The Labute approximate surface area is 155 Å². The molecule has 0 radical (unpaired) electrons. The first kappa shape index (κ1) is 20.2. The highest BCUT2D eigenvalue weighted by Gasteiger charge is 2.25. The second-order valence-electron chi connectivity index (χ2n) is 7.55. The summed E-state index contributed by atoms with van der Waals surface area (Å²) in [6.45, 7) is 6.92. The number of nitrogens with one attached hydrogen (secondary N) is 1. The highest BCUT2D eigenvalue weighted by Crippen LogP contribution is 2.27. The van der Waals surface area contributed by atoms with E-state index < -0.39 is 23.7 Å². The van der Waals surface area contributed by atoms with Gasteiger partial charge in [0.25, 0.3) is 0 Å². The van der Waals surface area contributed by atoms with Crippen LogP contribution in [0.15, 0.2) is 24.3 Å². The van der Waals surface area contributed by atoms with Crippen LogP contribution in [0.25, 0.3) is 0 Å². The molecule has 6 nitrogen and oxygen atoms in total. The molecule has 1 aliphatic rings. The summed E-state index contributed by atoms with van der Waals surface area (Å²) in [6, 6.07) is 7.39. The zero-order valence-electron chi connectivity index (χ0n) is 16.0. The van der Waals surface area contributed by atoms with Gasteiger partial charge >= 0.3 is 12.1 Å². The second kappa shape index (κ2) is 9.03. The van der Waals surface area contributed by atoms with Gasteiger partial charge in [0.2, 0.25) is 0 Å². The Balaban J connectivity index is 2.00. The third-order valence-corrected chi connectivity index (χ3v) is 4.29. The summed E-state index contributed by atoms with van der Waals surface area (Å²) in [5.41, 5.74) is 1.61. The van der Waals surface area contributed by atoms with Crippen LogP contribution in [-0.4, -0.2) is 44.0 Å². The molecular weight excluding hydrogens is 334 g/mol. The number of ether oxygens (including phenoxy) is 3. The molecule has 6 heteroatoms. The molecule has 0 bridgehead atoms. The molecule has 1 aromatic carbocycles. The molecule has 1 N–H and O–H groups in total. The Hall–Kier alpha value is -2.08. The Morgan fingerprint density at radius 3 is 2.35 bits per heavy atom. The van der Waals surface area contributed by atoms with Gasteiger partial charge in [-0.05, 0) is 50.7 Å². The lowest BCUT2D eigenvalue weighted by molar-refractivity contribution is -0.143. The van der Waals surface area contributed by atoms with Crippen LogP contribution in [0.4, 0.5) is 4.79 Å². The molecule has 0 aromatic heterocycles. The number of alkyl carbamates (subject to hydrolysis) is 1. The molecule has 1 atom stereocenters. The van der Waals surface area contributed by atoms with E-state index in [9.17, 15) is 9.59 Å². The van der Waals surface area contributed by atoms with Gasteiger partial charge in [0, 0.05) is 19.6 Å².